The number of ether oxygens (including phenoxy) is 2. The van der Waals surface area contributed by atoms with Crippen molar-refractivity contribution in [2.24, 2.45) is 0 Å². The van der Waals surface area contributed by atoms with Crippen LogP contribution in [0.2, 0.25) is 0 Å². The molecule has 1 heterocycles. The van der Waals surface area contributed by atoms with Gasteiger partial charge in [-0.15, -0.1) is 0 Å². The molecule has 0 aliphatic carbocycles. The van der Waals surface area contributed by atoms with Crippen molar-refractivity contribution in [1.82, 2.24) is 4.90 Å². The van der Waals surface area contributed by atoms with E-state index in [9.17, 15) is 4.79 Å². The summed E-state index contributed by atoms with van der Waals surface area (Å²) in [6.07, 6.45) is 1.00. The third kappa shape index (κ3) is 3.68. The van der Waals surface area contributed by atoms with Crippen LogP contribution in [0.1, 0.15) is 22.3 Å². The molecule has 0 bridgehead atoms. The van der Waals surface area contributed by atoms with Gasteiger partial charge in [-0.25, -0.2) is 4.79 Å². The highest BCUT2D eigenvalue weighted by Gasteiger charge is 2.14. The maximum Gasteiger partial charge on any atom is 0.335 e. The van der Waals surface area contributed by atoms with E-state index in [1.165, 1.54) is 0 Å². The zero-order valence-corrected chi connectivity index (χ0v) is 11.1. The molecule has 1 aromatic carbocycles. The number of nitrogens with zero attached hydrogens (tertiary/aromatic N) is 1. The predicted molar refractivity (Wildman–Crippen MR) is 70.7 cm³/mol. The fraction of sp³-hybridized carbons (Fsp3) is 0.500. The van der Waals surface area contributed by atoms with Gasteiger partial charge in [-0.1, -0.05) is 0 Å². The van der Waals surface area contributed by atoms with E-state index >= 15 is 0 Å². The Morgan fingerprint density at radius 3 is 3.00 bits per heavy atom. The average Bonchev–Trinajstić information content (AvgIpc) is 2.67. The third-order valence-electron chi connectivity index (χ3n) is 3.24. The topological polar surface area (TPSA) is 59.0 Å². The van der Waals surface area contributed by atoms with Gasteiger partial charge in [0.05, 0.1) is 19.3 Å². The van der Waals surface area contributed by atoms with Crippen LogP contribution in [0.25, 0.3) is 0 Å². The second-order valence-corrected chi connectivity index (χ2v) is 4.57. The lowest BCUT2D eigenvalue weighted by Crippen LogP contribution is -2.26. The summed E-state index contributed by atoms with van der Waals surface area (Å²) in [4.78, 5) is 13.3. The molecule has 1 fully saturated rings. The Kier molecular flexibility index (Phi) is 4.76. The largest absolute Gasteiger partial charge is 0.496 e. The van der Waals surface area contributed by atoms with E-state index in [0.29, 0.717) is 12.1 Å². The smallest absolute Gasteiger partial charge is 0.335 e. The number of rotatable bonds is 4. The first kappa shape index (κ1) is 13.8. The Morgan fingerprint density at radius 1 is 1.42 bits per heavy atom. The highest BCUT2D eigenvalue weighted by Crippen LogP contribution is 2.22. The second kappa shape index (κ2) is 6.54. The first-order valence-electron chi connectivity index (χ1n) is 6.41. The Morgan fingerprint density at radius 2 is 2.26 bits per heavy atom. The fourth-order valence-corrected chi connectivity index (χ4v) is 2.23. The Bertz CT molecular complexity index is 439. The highest BCUT2D eigenvalue weighted by molar-refractivity contribution is 5.88. The van der Waals surface area contributed by atoms with Crippen molar-refractivity contribution in [2.45, 2.75) is 13.0 Å². The minimum Gasteiger partial charge on any atom is -0.496 e. The Labute approximate surface area is 112 Å². The lowest BCUT2D eigenvalue weighted by Gasteiger charge is -2.20. The van der Waals surface area contributed by atoms with Crippen molar-refractivity contribution in [2.75, 3.05) is 33.4 Å². The number of aromatic carboxylic acids is 1. The van der Waals surface area contributed by atoms with Crippen LogP contribution in [0, 0.1) is 0 Å². The number of hydrogen-bond acceptors (Lipinski definition) is 4. The van der Waals surface area contributed by atoms with Gasteiger partial charge in [0.2, 0.25) is 0 Å². The molecule has 0 amide bonds. The summed E-state index contributed by atoms with van der Waals surface area (Å²) < 4.78 is 10.7. The van der Waals surface area contributed by atoms with Crippen LogP contribution in [0.15, 0.2) is 18.2 Å². The van der Waals surface area contributed by atoms with Gasteiger partial charge in [0.25, 0.3) is 0 Å². The van der Waals surface area contributed by atoms with Crippen LogP contribution in [0.3, 0.4) is 0 Å². The van der Waals surface area contributed by atoms with Gasteiger partial charge in [-0.2, -0.15) is 0 Å². The monoisotopic (exact) mass is 265 g/mol. The van der Waals surface area contributed by atoms with E-state index in [-0.39, 0.29) is 0 Å². The molecule has 1 N–H and O–H groups in total. The van der Waals surface area contributed by atoms with Crippen LogP contribution < -0.4 is 4.74 Å². The minimum absolute atomic E-state index is 0.293. The molecule has 0 atom stereocenters. The summed E-state index contributed by atoms with van der Waals surface area (Å²) >= 11 is 0. The van der Waals surface area contributed by atoms with Crippen molar-refractivity contribution < 1.29 is 19.4 Å². The lowest BCUT2D eigenvalue weighted by atomic mass is 10.1. The molecule has 0 radical (unpaired) electrons. The molecule has 0 unspecified atom stereocenters. The van der Waals surface area contributed by atoms with Crippen LogP contribution >= 0.6 is 0 Å². The predicted octanol–water partition coefficient (Wildman–Crippen LogP) is 1.62. The zero-order chi connectivity index (χ0) is 13.7. The fourth-order valence-electron chi connectivity index (χ4n) is 2.23. The van der Waals surface area contributed by atoms with Crippen LogP contribution in [-0.2, 0) is 11.3 Å². The summed E-state index contributed by atoms with van der Waals surface area (Å²) in [6, 6.07) is 4.97. The molecule has 2 rings (SSSR count). The van der Waals surface area contributed by atoms with E-state index in [1.807, 2.05) is 0 Å². The number of carboxylic acids is 1. The third-order valence-corrected chi connectivity index (χ3v) is 3.24. The van der Waals surface area contributed by atoms with Gasteiger partial charge < -0.3 is 14.6 Å². The average molecular weight is 265 g/mol. The van der Waals surface area contributed by atoms with Crippen LogP contribution in [0.4, 0.5) is 0 Å². The van der Waals surface area contributed by atoms with Gasteiger partial charge in [-0.05, 0) is 24.6 Å². The lowest BCUT2D eigenvalue weighted by molar-refractivity contribution is 0.0696. The maximum absolute atomic E-state index is 11.0. The number of benzene rings is 1. The van der Waals surface area contributed by atoms with Gasteiger partial charge in [-0.3, -0.25) is 4.90 Å². The van der Waals surface area contributed by atoms with Crippen molar-refractivity contribution >= 4 is 5.97 Å². The quantitative estimate of drug-likeness (QED) is 0.896. The molecule has 1 saturated heterocycles. The molecule has 0 aromatic heterocycles. The van der Waals surface area contributed by atoms with E-state index < -0.39 is 5.97 Å². The Balaban J connectivity index is 2.16. The summed E-state index contributed by atoms with van der Waals surface area (Å²) in [6.45, 7) is 4.03. The van der Waals surface area contributed by atoms with Gasteiger partial charge in [0.15, 0.2) is 0 Å². The van der Waals surface area contributed by atoms with E-state index in [0.717, 1.165) is 44.0 Å². The first-order valence-corrected chi connectivity index (χ1v) is 6.41. The molecular weight excluding hydrogens is 246 g/mol. The molecule has 5 nitrogen and oxygen atoms in total. The highest BCUT2D eigenvalue weighted by atomic mass is 16.5. The summed E-state index contributed by atoms with van der Waals surface area (Å²) in [5, 5.41) is 9.05. The van der Waals surface area contributed by atoms with Crippen molar-refractivity contribution in [3.8, 4) is 5.75 Å². The number of hydrogen-bond donors (Lipinski definition) is 1. The van der Waals surface area contributed by atoms with Crippen LogP contribution in [-0.4, -0.2) is 49.4 Å². The minimum atomic E-state index is -0.914. The molecular formula is C14H19NO4. The number of carbonyl (C=O) groups is 1. The maximum atomic E-state index is 11.0. The molecule has 0 saturated carbocycles. The van der Waals surface area contributed by atoms with Gasteiger partial charge in [0, 0.05) is 31.8 Å². The standard InChI is InChI=1S/C14H19NO4/c1-18-13-4-3-11(14(16)17)9-12(13)10-15-5-2-7-19-8-6-15/h3-4,9H,2,5-8,10H2,1H3,(H,16,17). The molecule has 104 valence electrons. The van der Waals surface area contributed by atoms with Crippen molar-refractivity contribution in [1.29, 1.82) is 0 Å². The Hall–Kier alpha value is -1.59. The SMILES string of the molecule is COc1ccc(C(=O)O)cc1CN1CCCOCC1. The van der Waals surface area contributed by atoms with Crippen LogP contribution in [0.5, 0.6) is 5.75 Å². The summed E-state index contributed by atoms with van der Waals surface area (Å²) in [5.41, 5.74) is 1.20. The van der Waals surface area contributed by atoms with Gasteiger partial charge in [0.1, 0.15) is 5.75 Å². The first-order chi connectivity index (χ1) is 9.20. The van der Waals surface area contributed by atoms with E-state index in [4.69, 9.17) is 14.6 Å². The summed E-state index contributed by atoms with van der Waals surface area (Å²) in [5.74, 6) is -0.182. The molecule has 0 spiro atoms. The van der Waals surface area contributed by atoms with Gasteiger partial charge >= 0.3 is 5.97 Å². The number of carboxylic acid groups (broad SMARTS) is 1. The van der Waals surface area contributed by atoms with Crippen molar-refractivity contribution in [3.05, 3.63) is 29.3 Å². The van der Waals surface area contributed by atoms with Crippen molar-refractivity contribution in [3.63, 3.8) is 0 Å². The van der Waals surface area contributed by atoms with E-state index in [1.54, 1.807) is 25.3 Å². The second-order valence-electron chi connectivity index (χ2n) is 4.57. The number of methoxy groups -OCH3 is 1. The molecule has 19 heavy (non-hydrogen) atoms. The summed E-state index contributed by atoms with van der Waals surface area (Å²) in [7, 11) is 1.60. The zero-order valence-electron chi connectivity index (χ0n) is 11.1. The normalized spacial score (nSPS) is 16.9. The van der Waals surface area contributed by atoms with E-state index in [2.05, 4.69) is 4.90 Å². The molecule has 1 aliphatic rings. The molecule has 1 aliphatic heterocycles. The molecule has 1 aromatic rings. The molecule has 5 heteroatoms.